The van der Waals surface area contributed by atoms with Gasteiger partial charge in [-0.15, -0.1) is 11.3 Å². The van der Waals surface area contributed by atoms with Crippen LogP contribution in [-0.2, 0) is 11.3 Å². The third kappa shape index (κ3) is 3.89. The Balaban J connectivity index is 1.49. The summed E-state index contributed by atoms with van der Waals surface area (Å²) in [6.45, 7) is 1.97. The third-order valence-corrected chi connectivity index (χ3v) is 4.63. The molecule has 6 heteroatoms. The van der Waals surface area contributed by atoms with Crippen LogP contribution in [0.4, 0.5) is 0 Å². The quantitative estimate of drug-likeness (QED) is 0.845. The fourth-order valence-electron chi connectivity index (χ4n) is 2.74. The average Bonchev–Trinajstić information content (AvgIpc) is 3.14. The van der Waals surface area contributed by atoms with Gasteiger partial charge in [0.1, 0.15) is 11.4 Å². The van der Waals surface area contributed by atoms with Crippen molar-refractivity contribution in [3.8, 4) is 5.75 Å². The van der Waals surface area contributed by atoms with Crippen LogP contribution in [0.5, 0.6) is 5.75 Å². The van der Waals surface area contributed by atoms with Crippen LogP contribution in [0.1, 0.15) is 28.9 Å². The summed E-state index contributed by atoms with van der Waals surface area (Å²) in [5, 5.41) is 1.80. The van der Waals surface area contributed by atoms with E-state index < -0.39 is 0 Å². The predicted octanol–water partition coefficient (Wildman–Crippen LogP) is 2.97. The van der Waals surface area contributed by atoms with Crippen molar-refractivity contribution in [1.29, 1.82) is 0 Å². The van der Waals surface area contributed by atoms with Crippen molar-refractivity contribution in [2.24, 2.45) is 0 Å². The van der Waals surface area contributed by atoms with E-state index in [1.54, 1.807) is 18.0 Å². The Hall–Kier alpha value is -1.92. The lowest BCUT2D eigenvalue weighted by molar-refractivity contribution is -0.00107. The van der Waals surface area contributed by atoms with Gasteiger partial charge < -0.3 is 14.4 Å². The molecule has 0 N–H and O–H groups in total. The average molecular weight is 332 g/mol. The van der Waals surface area contributed by atoms with Crippen molar-refractivity contribution >= 4 is 17.2 Å². The number of nitrogens with zero attached hydrogens (tertiary/aromatic N) is 2. The number of amides is 1. The Kier molecular flexibility index (Phi) is 5.25. The second kappa shape index (κ2) is 7.57. The number of carbonyl (C=O) groups excluding carboxylic acids is 1. The van der Waals surface area contributed by atoms with Crippen LogP contribution in [0.2, 0.25) is 0 Å². The largest absolute Gasteiger partial charge is 0.496 e. The third-order valence-electron chi connectivity index (χ3n) is 4.05. The van der Waals surface area contributed by atoms with Crippen molar-refractivity contribution in [2.45, 2.75) is 25.6 Å². The summed E-state index contributed by atoms with van der Waals surface area (Å²) in [6.07, 6.45) is 1.88. The normalized spacial score (nSPS) is 15.6. The van der Waals surface area contributed by atoms with E-state index in [1.807, 2.05) is 29.2 Å². The van der Waals surface area contributed by atoms with E-state index in [-0.39, 0.29) is 12.0 Å². The van der Waals surface area contributed by atoms with Gasteiger partial charge >= 0.3 is 0 Å². The topological polar surface area (TPSA) is 51.7 Å². The highest BCUT2D eigenvalue weighted by atomic mass is 32.1. The lowest BCUT2D eigenvalue weighted by Crippen LogP contribution is -2.41. The van der Waals surface area contributed by atoms with Crippen LogP contribution in [0.3, 0.4) is 0 Å². The molecule has 0 radical (unpaired) electrons. The summed E-state index contributed by atoms with van der Waals surface area (Å²) in [7, 11) is 1.67. The number of benzene rings is 1. The monoisotopic (exact) mass is 332 g/mol. The van der Waals surface area contributed by atoms with E-state index in [1.165, 1.54) is 11.3 Å². The number of rotatable bonds is 5. The van der Waals surface area contributed by atoms with Crippen LogP contribution in [-0.4, -0.2) is 42.1 Å². The van der Waals surface area contributed by atoms with Crippen LogP contribution in [0.15, 0.2) is 35.2 Å². The molecule has 122 valence electrons. The second-order valence-electron chi connectivity index (χ2n) is 5.49. The van der Waals surface area contributed by atoms with Crippen molar-refractivity contribution in [1.82, 2.24) is 9.88 Å². The molecule has 1 aromatic carbocycles. The number of ether oxygens (including phenoxy) is 2. The Morgan fingerprint density at radius 1 is 1.35 bits per heavy atom. The van der Waals surface area contributed by atoms with Gasteiger partial charge in [-0.1, -0.05) is 18.2 Å². The number of carbonyl (C=O) groups is 1. The van der Waals surface area contributed by atoms with Crippen LogP contribution >= 0.6 is 11.3 Å². The van der Waals surface area contributed by atoms with Crippen molar-refractivity contribution in [3.63, 3.8) is 0 Å². The molecule has 1 fully saturated rings. The molecular formula is C17H20N2O3S. The first-order chi connectivity index (χ1) is 11.3. The van der Waals surface area contributed by atoms with Gasteiger partial charge in [-0.3, -0.25) is 4.79 Å². The zero-order chi connectivity index (χ0) is 16.1. The lowest BCUT2D eigenvalue weighted by atomic mass is 10.1. The molecule has 5 nitrogen and oxygen atoms in total. The van der Waals surface area contributed by atoms with E-state index in [4.69, 9.17) is 9.47 Å². The molecule has 1 aliphatic heterocycles. The zero-order valence-electron chi connectivity index (χ0n) is 13.1. The van der Waals surface area contributed by atoms with E-state index >= 15 is 0 Å². The minimum atomic E-state index is 0.0226. The summed E-state index contributed by atoms with van der Waals surface area (Å²) in [4.78, 5) is 18.2. The van der Waals surface area contributed by atoms with Gasteiger partial charge in [0.05, 0.1) is 25.3 Å². The molecule has 23 heavy (non-hydrogen) atoms. The standard InChI is InChI=1S/C17H20N2O3S/c1-21-16-5-3-2-4-13(16)10-22-14-6-8-19(9-7-14)17(20)15-11-23-12-18-15/h2-5,11-12,14H,6-10H2,1H3. The zero-order valence-corrected chi connectivity index (χ0v) is 13.9. The summed E-state index contributed by atoms with van der Waals surface area (Å²) in [5.41, 5.74) is 3.29. The molecule has 2 aromatic rings. The molecule has 1 aromatic heterocycles. The number of thiazole rings is 1. The van der Waals surface area contributed by atoms with Crippen molar-refractivity contribution in [3.05, 3.63) is 46.4 Å². The number of likely N-dealkylation sites (tertiary alicyclic amines) is 1. The Morgan fingerprint density at radius 3 is 2.83 bits per heavy atom. The molecule has 0 atom stereocenters. The second-order valence-corrected chi connectivity index (χ2v) is 6.21. The van der Waals surface area contributed by atoms with E-state index in [0.717, 1.165) is 24.2 Å². The highest BCUT2D eigenvalue weighted by Gasteiger charge is 2.25. The molecule has 0 unspecified atom stereocenters. The minimum Gasteiger partial charge on any atom is -0.496 e. The molecule has 0 bridgehead atoms. The number of para-hydroxylation sites is 1. The fourth-order valence-corrected chi connectivity index (χ4v) is 3.26. The fraction of sp³-hybridized carbons (Fsp3) is 0.412. The molecular weight excluding hydrogens is 312 g/mol. The van der Waals surface area contributed by atoms with Crippen molar-refractivity contribution in [2.75, 3.05) is 20.2 Å². The summed E-state index contributed by atoms with van der Waals surface area (Å²) < 4.78 is 11.3. The van der Waals surface area contributed by atoms with Gasteiger partial charge in [-0.2, -0.15) is 0 Å². The number of hydrogen-bond donors (Lipinski definition) is 0. The summed E-state index contributed by atoms with van der Waals surface area (Å²) in [5.74, 6) is 0.873. The maximum Gasteiger partial charge on any atom is 0.273 e. The maximum atomic E-state index is 12.2. The summed E-state index contributed by atoms with van der Waals surface area (Å²) in [6, 6.07) is 7.88. The Labute approximate surface area is 139 Å². The molecule has 1 saturated heterocycles. The molecule has 3 rings (SSSR count). The number of piperidine rings is 1. The van der Waals surface area contributed by atoms with Crippen molar-refractivity contribution < 1.29 is 14.3 Å². The van der Waals surface area contributed by atoms with Crippen LogP contribution in [0, 0.1) is 0 Å². The Morgan fingerprint density at radius 2 is 2.13 bits per heavy atom. The van der Waals surface area contributed by atoms with Gasteiger partial charge in [0, 0.05) is 24.0 Å². The lowest BCUT2D eigenvalue weighted by Gasteiger charge is -2.31. The Bertz CT molecular complexity index is 637. The molecule has 1 amide bonds. The highest BCUT2D eigenvalue weighted by Crippen LogP contribution is 2.22. The number of aromatic nitrogens is 1. The highest BCUT2D eigenvalue weighted by molar-refractivity contribution is 7.07. The predicted molar refractivity (Wildman–Crippen MR) is 88.8 cm³/mol. The minimum absolute atomic E-state index is 0.0226. The van der Waals surface area contributed by atoms with Gasteiger partial charge in [-0.25, -0.2) is 4.98 Å². The molecule has 1 aliphatic rings. The van der Waals surface area contributed by atoms with Gasteiger partial charge in [0.25, 0.3) is 5.91 Å². The van der Waals surface area contributed by atoms with Crippen LogP contribution < -0.4 is 4.74 Å². The molecule has 0 spiro atoms. The first-order valence-corrected chi connectivity index (χ1v) is 8.63. The molecule has 0 saturated carbocycles. The number of methoxy groups -OCH3 is 1. The first-order valence-electron chi connectivity index (χ1n) is 7.69. The van der Waals surface area contributed by atoms with Gasteiger partial charge in [0.15, 0.2) is 0 Å². The first kappa shape index (κ1) is 16.0. The van der Waals surface area contributed by atoms with Gasteiger partial charge in [-0.05, 0) is 18.9 Å². The SMILES string of the molecule is COc1ccccc1COC1CCN(C(=O)c2cscn2)CC1. The van der Waals surface area contributed by atoms with Crippen LogP contribution in [0.25, 0.3) is 0 Å². The smallest absolute Gasteiger partial charge is 0.273 e. The van der Waals surface area contributed by atoms with Gasteiger partial charge in [0.2, 0.25) is 0 Å². The maximum absolute atomic E-state index is 12.2. The van der Waals surface area contributed by atoms with E-state index in [0.29, 0.717) is 25.4 Å². The van der Waals surface area contributed by atoms with E-state index in [9.17, 15) is 4.79 Å². The molecule has 0 aliphatic carbocycles. The van der Waals surface area contributed by atoms with E-state index in [2.05, 4.69) is 4.98 Å². The number of hydrogen-bond acceptors (Lipinski definition) is 5. The summed E-state index contributed by atoms with van der Waals surface area (Å²) >= 11 is 1.45. The molecule has 2 heterocycles.